The van der Waals surface area contributed by atoms with Crippen LogP contribution in [0, 0.1) is 0 Å². The molecule has 1 aromatic heterocycles. The number of ether oxygens (including phenoxy) is 2. The fourth-order valence-electron chi connectivity index (χ4n) is 2.18. The van der Waals surface area contributed by atoms with E-state index in [1.807, 2.05) is 30.3 Å². The maximum Gasteiger partial charge on any atom is 0.272 e. The number of benzene rings is 2. The van der Waals surface area contributed by atoms with Crippen molar-refractivity contribution in [1.82, 2.24) is 4.98 Å². The van der Waals surface area contributed by atoms with Crippen LogP contribution in [-0.4, -0.2) is 18.0 Å². The highest BCUT2D eigenvalue weighted by Crippen LogP contribution is 2.22. The molecule has 2 aromatic carbocycles. The van der Waals surface area contributed by atoms with Gasteiger partial charge < -0.3 is 19.8 Å². The van der Waals surface area contributed by atoms with Gasteiger partial charge in [-0.15, -0.1) is 0 Å². The highest BCUT2D eigenvalue weighted by molar-refractivity contribution is 6.02. The van der Waals surface area contributed by atoms with Crippen LogP contribution in [0.5, 0.6) is 17.2 Å². The molecule has 0 saturated heterocycles. The van der Waals surface area contributed by atoms with E-state index in [-0.39, 0.29) is 16.9 Å². The van der Waals surface area contributed by atoms with E-state index in [4.69, 9.17) is 9.47 Å². The monoisotopic (exact) mass is 336 g/mol. The van der Waals surface area contributed by atoms with E-state index >= 15 is 0 Å². The van der Waals surface area contributed by atoms with E-state index in [1.165, 1.54) is 19.4 Å². The van der Waals surface area contributed by atoms with Crippen LogP contribution < -0.4 is 20.2 Å². The zero-order chi connectivity index (χ0) is 17.6. The Bertz CT molecular complexity index is 918. The fourth-order valence-corrected chi connectivity index (χ4v) is 2.18. The van der Waals surface area contributed by atoms with Gasteiger partial charge in [0.25, 0.3) is 5.91 Å². The molecule has 0 aliphatic carbocycles. The second kappa shape index (κ2) is 7.35. The summed E-state index contributed by atoms with van der Waals surface area (Å²) < 4.78 is 10.6. The molecule has 0 unspecified atom stereocenters. The Balaban J connectivity index is 1.67. The van der Waals surface area contributed by atoms with E-state index in [9.17, 15) is 9.59 Å². The van der Waals surface area contributed by atoms with Crippen LogP contribution in [0.2, 0.25) is 0 Å². The fraction of sp³-hybridized carbons (Fsp3) is 0.0526. The maximum atomic E-state index is 12.2. The molecule has 2 N–H and O–H groups in total. The first kappa shape index (κ1) is 16.3. The first-order chi connectivity index (χ1) is 12.2. The van der Waals surface area contributed by atoms with Crippen molar-refractivity contribution in [2.24, 2.45) is 0 Å². The summed E-state index contributed by atoms with van der Waals surface area (Å²) in [5.41, 5.74) is 0.371. The number of carbonyl (C=O) groups excluding carboxylic acids is 1. The molecular formula is C19H16N2O4. The van der Waals surface area contributed by atoms with Gasteiger partial charge in [-0.05, 0) is 36.4 Å². The molecule has 6 nitrogen and oxygen atoms in total. The van der Waals surface area contributed by atoms with Crippen molar-refractivity contribution in [2.45, 2.75) is 0 Å². The van der Waals surface area contributed by atoms with Gasteiger partial charge in [0.2, 0.25) is 5.43 Å². The largest absolute Gasteiger partial charge is 0.491 e. The number of hydrogen-bond donors (Lipinski definition) is 2. The topological polar surface area (TPSA) is 80.4 Å². The van der Waals surface area contributed by atoms with E-state index in [0.717, 1.165) is 5.75 Å². The van der Waals surface area contributed by atoms with Crippen molar-refractivity contribution in [1.29, 1.82) is 0 Å². The predicted molar refractivity (Wildman–Crippen MR) is 94.5 cm³/mol. The summed E-state index contributed by atoms with van der Waals surface area (Å²) in [4.78, 5) is 26.6. The molecule has 0 saturated carbocycles. The zero-order valence-electron chi connectivity index (χ0n) is 13.5. The molecule has 0 atom stereocenters. The van der Waals surface area contributed by atoms with Gasteiger partial charge in [-0.2, -0.15) is 0 Å². The third-order valence-electron chi connectivity index (χ3n) is 3.43. The Kier molecular flexibility index (Phi) is 4.80. The summed E-state index contributed by atoms with van der Waals surface area (Å²) >= 11 is 0. The van der Waals surface area contributed by atoms with Crippen LogP contribution in [0.4, 0.5) is 5.69 Å². The normalized spacial score (nSPS) is 10.1. The van der Waals surface area contributed by atoms with Gasteiger partial charge in [0.15, 0.2) is 5.75 Å². The number of carbonyl (C=O) groups is 1. The number of nitrogens with one attached hydrogen (secondary N) is 2. The van der Waals surface area contributed by atoms with Crippen molar-refractivity contribution in [3.8, 4) is 17.2 Å². The summed E-state index contributed by atoms with van der Waals surface area (Å²) in [6.07, 6.45) is 1.36. The Morgan fingerprint density at radius 1 is 1.00 bits per heavy atom. The second-order valence-corrected chi connectivity index (χ2v) is 5.17. The Morgan fingerprint density at radius 2 is 1.68 bits per heavy atom. The third-order valence-corrected chi connectivity index (χ3v) is 3.43. The number of rotatable bonds is 5. The molecular weight excluding hydrogens is 320 g/mol. The van der Waals surface area contributed by atoms with Gasteiger partial charge in [-0.25, -0.2) is 0 Å². The van der Waals surface area contributed by atoms with Crippen molar-refractivity contribution >= 4 is 11.6 Å². The van der Waals surface area contributed by atoms with E-state index in [1.54, 1.807) is 24.3 Å². The van der Waals surface area contributed by atoms with Crippen LogP contribution in [0.3, 0.4) is 0 Å². The molecule has 1 amide bonds. The number of H-pyrrole nitrogens is 1. The molecule has 3 aromatic rings. The second-order valence-electron chi connectivity index (χ2n) is 5.17. The molecule has 25 heavy (non-hydrogen) atoms. The van der Waals surface area contributed by atoms with Gasteiger partial charge in [0, 0.05) is 18.0 Å². The number of hydrogen-bond acceptors (Lipinski definition) is 4. The first-order valence-corrected chi connectivity index (χ1v) is 7.57. The SMILES string of the molecule is COc1c[nH]c(C(=O)Nc2ccc(Oc3ccccc3)cc2)cc1=O. The highest BCUT2D eigenvalue weighted by atomic mass is 16.5. The number of pyridine rings is 1. The average Bonchev–Trinajstić information content (AvgIpc) is 2.64. The number of aromatic amines is 1. The lowest BCUT2D eigenvalue weighted by molar-refractivity contribution is 0.102. The van der Waals surface area contributed by atoms with E-state index < -0.39 is 5.91 Å². The molecule has 6 heteroatoms. The van der Waals surface area contributed by atoms with Crippen LogP contribution >= 0.6 is 0 Å². The smallest absolute Gasteiger partial charge is 0.272 e. The molecule has 0 bridgehead atoms. The van der Waals surface area contributed by atoms with Crippen LogP contribution in [0.1, 0.15) is 10.5 Å². The molecule has 0 spiro atoms. The molecule has 3 rings (SSSR count). The zero-order valence-corrected chi connectivity index (χ0v) is 13.5. The Labute approximate surface area is 144 Å². The molecule has 126 valence electrons. The standard InChI is InChI=1S/C19H16N2O4/c1-24-18-12-20-16(11-17(18)22)19(23)21-13-7-9-15(10-8-13)25-14-5-3-2-4-6-14/h2-12H,1H3,(H,20,22)(H,21,23). The molecule has 0 aliphatic heterocycles. The van der Waals surface area contributed by atoms with Crippen molar-refractivity contribution in [3.63, 3.8) is 0 Å². The predicted octanol–water partition coefficient (Wildman–Crippen LogP) is 3.43. The van der Waals surface area contributed by atoms with Gasteiger partial charge in [-0.3, -0.25) is 9.59 Å². The minimum Gasteiger partial charge on any atom is -0.491 e. The highest BCUT2D eigenvalue weighted by Gasteiger charge is 2.09. The van der Waals surface area contributed by atoms with Crippen LogP contribution in [0.15, 0.2) is 71.7 Å². The van der Waals surface area contributed by atoms with E-state index in [0.29, 0.717) is 11.4 Å². The lowest BCUT2D eigenvalue weighted by atomic mass is 10.2. The summed E-state index contributed by atoms with van der Waals surface area (Å²) in [7, 11) is 1.39. The summed E-state index contributed by atoms with van der Waals surface area (Å²) in [5.74, 6) is 1.12. The first-order valence-electron chi connectivity index (χ1n) is 7.57. The Morgan fingerprint density at radius 3 is 2.32 bits per heavy atom. The molecule has 0 aliphatic rings. The third kappa shape index (κ3) is 4.06. The number of para-hydroxylation sites is 1. The molecule has 0 fully saturated rings. The van der Waals surface area contributed by atoms with Gasteiger partial charge in [0.1, 0.15) is 17.2 Å². The lowest BCUT2D eigenvalue weighted by Crippen LogP contribution is -2.17. The molecule has 1 heterocycles. The number of anilines is 1. The van der Waals surface area contributed by atoms with Gasteiger partial charge in [0.05, 0.1) is 7.11 Å². The lowest BCUT2D eigenvalue weighted by Gasteiger charge is -2.08. The maximum absolute atomic E-state index is 12.2. The molecule has 0 radical (unpaired) electrons. The minimum absolute atomic E-state index is 0.149. The number of aromatic nitrogens is 1. The Hall–Kier alpha value is -3.54. The number of amides is 1. The van der Waals surface area contributed by atoms with Crippen LogP contribution in [-0.2, 0) is 0 Å². The van der Waals surface area contributed by atoms with Crippen molar-refractivity contribution < 1.29 is 14.3 Å². The van der Waals surface area contributed by atoms with E-state index in [2.05, 4.69) is 10.3 Å². The summed E-state index contributed by atoms with van der Waals surface area (Å²) in [5, 5.41) is 2.71. The van der Waals surface area contributed by atoms with Gasteiger partial charge >= 0.3 is 0 Å². The summed E-state index contributed by atoms with van der Waals surface area (Å²) in [6.45, 7) is 0. The van der Waals surface area contributed by atoms with Crippen molar-refractivity contribution in [3.05, 3.63) is 82.8 Å². The minimum atomic E-state index is -0.420. The van der Waals surface area contributed by atoms with Gasteiger partial charge in [-0.1, -0.05) is 18.2 Å². The van der Waals surface area contributed by atoms with Crippen LogP contribution in [0.25, 0.3) is 0 Å². The average molecular weight is 336 g/mol. The van der Waals surface area contributed by atoms with Crippen molar-refractivity contribution in [2.75, 3.05) is 12.4 Å². The quantitative estimate of drug-likeness (QED) is 0.748. The summed E-state index contributed by atoms with van der Waals surface area (Å²) in [6, 6.07) is 17.5. The number of methoxy groups -OCH3 is 1.